The highest BCUT2D eigenvalue weighted by molar-refractivity contribution is 7.90. The summed E-state index contributed by atoms with van der Waals surface area (Å²) in [6.07, 6.45) is 4.03. The van der Waals surface area contributed by atoms with Gasteiger partial charge in [0.1, 0.15) is 17.0 Å². The largest absolute Gasteiger partial charge is 0.476 e. The van der Waals surface area contributed by atoms with Crippen LogP contribution in [0.25, 0.3) is 11.0 Å². The van der Waals surface area contributed by atoms with Crippen LogP contribution in [0.1, 0.15) is 29.6 Å². The number of carbonyl (C=O) groups is 1. The summed E-state index contributed by atoms with van der Waals surface area (Å²) in [6, 6.07) is 14.1. The van der Waals surface area contributed by atoms with Crippen LogP contribution in [0, 0.1) is 10.1 Å². The first-order valence-electron chi connectivity index (χ1n) is 14.0. The van der Waals surface area contributed by atoms with Crippen LogP contribution in [0.3, 0.4) is 0 Å². The molecule has 0 unspecified atom stereocenters. The van der Waals surface area contributed by atoms with E-state index in [-0.39, 0.29) is 27.9 Å². The molecular weight excluding hydrogens is 574 g/mol. The number of nitrogens with zero attached hydrogens (tertiary/aromatic N) is 4. The summed E-state index contributed by atoms with van der Waals surface area (Å²) in [5.41, 5.74) is 1.77. The topological polar surface area (TPSA) is 163 Å². The van der Waals surface area contributed by atoms with Gasteiger partial charge in [0.25, 0.3) is 21.6 Å². The minimum absolute atomic E-state index is 0.0339. The number of ether oxygens (including phenoxy) is 1. The Hall–Kier alpha value is -4.69. The van der Waals surface area contributed by atoms with Crippen molar-refractivity contribution in [1.82, 2.24) is 19.6 Å². The fourth-order valence-corrected chi connectivity index (χ4v) is 6.46. The predicted molar refractivity (Wildman–Crippen MR) is 162 cm³/mol. The van der Waals surface area contributed by atoms with Gasteiger partial charge < -0.3 is 24.8 Å². The maximum Gasteiger partial charge on any atom is 0.293 e. The molecule has 0 atom stereocenters. The summed E-state index contributed by atoms with van der Waals surface area (Å²) in [5, 5.41) is 15.9. The van der Waals surface area contributed by atoms with Crippen LogP contribution in [-0.4, -0.2) is 73.4 Å². The number of hydrogen-bond donors (Lipinski definition) is 3. The molecule has 0 spiro atoms. The Labute approximate surface area is 248 Å². The number of nitro benzene ring substituents is 1. The van der Waals surface area contributed by atoms with Crippen LogP contribution < -0.4 is 19.7 Å². The number of para-hydroxylation sites is 1. The highest BCUT2D eigenvalue weighted by Crippen LogP contribution is 2.38. The predicted octanol–water partition coefficient (Wildman–Crippen LogP) is 4.02. The molecule has 6 rings (SSSR count). The van der Waals surface area contributed by atoms with E-state index in [4.69, 9.17) is 4.74 Å². The molecule has 0 radical (unpaired) electrons. The van der Waals surface area contributed by atoms with Crippen molar-refractivity contribution < 1.29 is 22.9 Å². The van der Waals surface area contributed by atoms with Crippen LogP contribution in [0.4, 0.5) is 22.7 Å². The van der Waals surface area contributed by atoms with Gasteiger partial charge in [0, 0.05) is 30.2 Å². The molecular formula is C29H31N7O6S. The summed E-state index contributed by atoms with van der Waals surface area (Å²) in [7, 11) is -2.44. The van der Waals surface area contributed by atoms with E-state index in [9.17, 15) is 23.3 Å². The van der Waals surface area contributed by atoms with E-state index in [1.54, 1.807) is 24.4 Å². The molecule has 1 amide bonds. The molecule has 2 aromatic carbocycles. The molecule has 1 saturated heterocycles. The first-order chi connectivity index (χ1) is 20.7. The normalized spacial score (nSPS) is 16.3. The van der Waals surface area contributed by atoms with Crippen molar-refractivity contribution in [2.24, 2.45) is 0 Å². The summed E-state index contributed by atoms with van der Waals surface area (Å²) in [4.78, 5) is 36.1. The zero-order valence-corrected chi connectivity index (χ0v) is 24.3. The van der Waals surface area contributed by atoms with Crippen molar-refractivity contribution in [1.29, 1.82) is 0 Å². The van der Waals surface area contributed by atoms with Gasteiger partial charge in [-0.25, -0.2) is 13.1 Å². The second-order valence-electron chi connectivity index (χ2n) is 10.7. The fourth-order valence-electron chi connectivity index (χ4n) is 5.48. The van der Waals surface area contributed by atoms with Gasteiger partial charge in [0.05, 0.1) is 27.7 Å². The number of fused-ring (bicyclic) bond motifs is 2. The summed E-state index contributed by atoms with van der Waals surface area (Å²) < 4.78 is 34.7. The van der Waals surface area contributed by atoms with E-state index in [1.807, 2.05) is 24.1 Å². The average Bonchev–Trinajstić information content (AvgIpc) is 3.35. The highest BCUT2D eigenvalue weighted by Gasteiger charge is 2.29. The Morgan fingerprint density at radius 2 is 1.88 bits per heavy atom. The van der Waals surface area contributed by atoms with Crippen LogP contribution in [0.2, 0.25) is 0 Å². The fraction of sp³-hybridized carbons (Fsp3) is 0.310. The maximum atomic E-state index is 13.5. The first kappa shape index (κ1) is 28.4. The van der Waals surface area contributed by atoms with Gasteiger partial charge in [0.15, 0.2) is 0 Å². The highest BCUT2D eigenvalue weighted by atomic mass is 32.2. The minimum atomic E-state index is -4.46. The molecule has 0 saturated carbocycles. The third-order valence-electron chi connectivity index (χ3n) is 7.76. The first-order valence-corrected chi connectivity index (χ1v) is 15.5. The molecule has 0 aliphatic carbocycles. The number of aromatic amines is 1. The van der Waals surface area contributed by atoms with Crippen LogP contribution in [0.5, 0.6) is 5.88 Å². The van der Waals surface area contributed by atoms with Gasteiger partial charge in [-0.15, -0.1) is 0 Å². The van der Waals surface area contributed by atoms with Crippen LogP contribution in [-0.2, 0) is 10.0 Å². The Morgan fingerprint density at radius 3 is 2.67 bits per heavy atom. The zero-order chi connectivity index (χ0) is 30.1. The lowest BCUT2D eigenvalue weighted by Crippen LogP contribution is -2.36. The number of amides is 1. The molecule has 0 bridgehead atoms. The van der Waals surface area contributed by atoms with Gasteiger partial charge in [0.2, 0.25) is 5.88 Å². The van der Waals surface area contributed by atoms with Gasteiger partial charge in [-0.05, 0) is 75.8 Å². The number of nitrogens with one attached hydrogen (secondary N) is 3. The quantitative estimate of drug-likeness (QED) is 0.207. The van der Waals surface area contributed by atoms with E-state index in [1.165, 1.54) is 18.2 Å². The molecule has 13 nitrogen and oxygen atoms in total. The monoisotopic (exact) mass is 605 g/mol. The number of piperidine rings is 1. The van der Waals surface area contributed by atoms with Crippen molar-refractivity contribution in [3.63, 3.8) is 0 Å². The van der Waals surface area contributed by atoms with Crippen molar-refractivity contribution in [2.75, 3.05) is 43.5 Å². The van der Waals surface area contributed by atoms with Crippen molar-refractivity contribution in [2.45, 2.75) is 30.2 Å². The number of nitro groups is 1. The van der Waals surface area contributed by atoms with Crippen molar-refractivity contribution in [3.8, 4) is 5.88 Å². The van der Waals surface area contributed by atoms with E-state index >= 15 is 0 Å². The number of H-pyrrole nitrogens is 1. The average molecular weight is 606 g/mol. The zero-order valence-electron chi connectivity index (χ0n) is 23.4. The molecule has 14 heteroatoms. The number of carbonyl (C=O) groups excluding carboxylic acids is 1. The number of sulfonamides is 1. The molecule has 2 aromatic heterocycles. The Balaban J connectivity index is 1.28. The van der Waals surface area contributed by atoms with Gasteiger partial charge in [-0.3, -0.25) is 14.9 Å². The lowest BCUT2D eigenvalue weighted by Gasteiger charge is -2.30. The van der Waals surface area contributed by atoms with E-state index in [0.29, 0.717) is 42.5 Å². The molecule has 1 fully saturated rings. The number of rotatable bonds is 7. The van der Waals surface area contributed by atoms with Gasteiger partial charge in [-0.2, -0.15) is 4.98 Å². The number of pyridine rings is 1. The molecule has 224 valence electrons. The molecule has 2 aliphatic heterocycles. The SMILES string of the molecule is CN1CCC(Nc2ccc(S(=O)(=O)NC(=O)c3ccccc3N3CCCOc4nc5[nH]ccc5cc43)cc2[N+](=O)[O-])CC1. The standard InChI is InChI=1S/C29H31N7O6S/c1-34-14-10-20(11-15-34)31-23-8-7-21(18-25(23)36(38)39)43(40,41)33-28(37)22-5-2-3-6-24(22)35-13-4-16-42-29-26(35)17-19-9-12-30-27(19)32-29/h2-3,5-9,12,17-18,20,31H,4,10-11,13-16H2,1H3,(H,30,32)(H,33,37). The van der Waals surface area contributed by atoms with Crippen LogP contribution in [0.15, 0.2) is 65.7 Å². The Bertz CT molecular complexity index is 1800. The number of anilines is 3. The smallest absolute Gasteiger partial charge is 0.293 e. The number of hydrogen-bond acceptors (Lipinski definition) is 10. The third kappa shape index (κ3) is 5.83. The summed E-state index contributed by atoms with van der Waals surface area (Å²) in [5.74, 6) is -0.467. The summed E-state index contributed by atoms with van der Waals surface area (Å²) >= 11 is 0. The molecule has 4 heterocycles. The summed E-state index contributed by atoms with van der Waals surface area (Å²) in [6.45, 7) is 2.63. The second-order valence-corrected chi connectivity index (χ2v) is 12.4. The lowest BCUT2D eigenvalue weighted by atomic mass is 10.1. The molecule has 43 heavy (non-hydrogen) atoms. The molecule has 3 N–H and O–H groups in total. The number of aromatic nitrogens is 2. The molecule has 4 aromatic rings. The molecule has 2 aliphatic rings. The maximum absolute atomic E-state index is 13.5. The Morgan fingerprint density at radius 1 is 1.09 bits per heavy atom. The minimum Gasteiger partial charge on any atom is -0.476 e. The van der Waals surface area contributed by atoms with Gasteiger partial charge >= 0.3 is 0 Å². The van der Waals surface area contributed by atoms with Crippen molar-refractivity contribution in [3.05, 3.63) is 76.5 Å². The van der Waals surface area contributed by atoms with E-state index < -0.39 is 20.9 Å². The number of benzene rings is 2. The second kappa shape index (κ2) is 11.5. The van der Waals surface area contributed by atoms with E-state index in [2.05, 4.69) is 24.9 Å². The third-order valence-corrected chi connectivity index (χ3v) is 9.09. The van der Waals surface area contributed by atoms with Gasteiger partial charge in [-0.1, -0.05) is 12.1 Å². The number of likely N-dealkylation sites (tertiary alicyclic amines) is 1. The lowest BCUT2D eigenvalue weighted by molar-refractivity contribution is -0.384. The Kier molecular flexibility index (Phi) is 7.62. The van der Waals surface area contributed by atoms with Crippen molar-refractivity contribution >= 4 is 49.7 Å². The van der Waals surface area contributed by atoms with Crippen LogP contribution >= 0.6 is 0 Å². The van der Waals surface area contributed by atoms with E-state index in [0.717, 1.165) is 37.4 Å².